The maximum atomic E-state index is 11.6. The molecule has 0 saturated heterocycles. The van der Waals surface area contributed by atoms with E-state index in [2.05, 4.69) is 5.32 Å². The van der Waals surface area contributed by atoms with Gasteiger partial charge in [-0.15, -0.1) is 0 Å². The maximum Gasteiger partial charge on any atom is 0.294 e. The fourth-order valence-electron chi connectivity index (χ4n) is 1.24. The van der Waals surface area contributed by atoms with Crippen molar-refractivity contribution in [1.29, 1.82) is 0 Å². The normalized spacial score (nSPS) is 8.89. The van der Waals surface area contributed by atoms with E-state index >= 15 is 0 Å². The van der Waals surface area contributed by atoms with E-state index in [0.29, 0.717) is 5.56 Å². The fourth-order valence-corrected chi connectivity index (χ4v) is 1.24. The number of ketones is 1. The van der Waals surface area contributed by atoms with Crippen LogP contribution in [0.4, 0.5) is 0 Å². The third kappa shape index (κ3) is 4.54. The van der Waals surface area contributed by atoms with E-state index in [-0.39, 0.29) is 11.5 Å². The SMILES string of the molecule is CC.CNC(=O)c1ccc(C(=O)C(=O)N(C)C)cc1. The van der Waals surface area contributed by atoms with Gasteiger partial charge in [0, 0.05) is 32.3 Å². The lowest BCUT2D eigenvalue weighted by atomic mass is 10.1. The minimum atomic E-state index is -0.585. The van der Waals surface area contributed by atoms with Crippen molar-refractivity contribution in [3.8, 4) is 0 Å². The Morgan fingerprint density at radius 1 is 0.947 bits per heavy atom. The third-order valence-corrected chi connectivity index (χ3v) is 2.24. The van der Waals surface area contributed by atoms with E-state index in [4.69, 9.17) is 0 Å². The molecular weight excluding hydrogens is 244 g/mol. The van der Waals surface area contributed by atoms with E-state index in [1.54, 1.807) is 0 Å². The minimum Gasteiger partial charge on any atom is -0.355 e. The van der Waals surface area contributed by atoms with Crippen LogP contribution in [0.5, 0.6) is 0 Å². The first-order chi connectivity index (χ1) is 8.97. The lowest BCUT2D eigenvalue weighted by Gasteiger charge is -2.08. The van der Waals surface area contributed by atoms with Gasteiger partial charge in [0.25, 0.3) is 11.8 Å². The maximum absolute atomic E-state index is 11.6. The monoisotopic (exact) mass is 264 g/mol. The van der Waals surface area contributed by atoms with Crippen LogP contribution in [0.25, 0.3) is 0 Å². The van der Waals surface area contributed by atoms with Gasteiger partial charge in [-0.3, -0.25) is 14.4 Å². The Morgan fingerprint density at radius 2 is 1.37 bits per heavy atom. The van der Waals surface area contributed by atoms with Gasteiger partial charge in [-0.25, -0.2) is 0 Å². The van der Waals surface area contributed by atoms with Crippen molar-refractivity contribution < 1.29 is 14.4 Å². The van der Waals surface area contributed by atoms with Crippen LogP contribution in [-0.2, 0) is 4.79 Å². The molecule has 5 nitrogen and oxygen atoms in total. The molecule has 0 aliphatic rings. The van der Waals surface area contributed by atoms with Gasteiger partial charge in [0.05, 0.1) is 0 Å². The first-order valence-electron chi connectivity index (χ1n) is 6.05. The second-order valence-corrected chi connectivity index (χ2v) is 3.69. The number of Topliss-reactive ketones (excluding diaryl/α,β-unsaturated/α-hetero) is 1. The predicted octanol–water partition coefficient (Wildman–Crippen LogP) is 1.34. The largest absolute Gasteiger partial charge is 0.355 e. The summed E-state index contributed by atoms with van der Waals surface area (Å²) in [6.07, 6.45) is 0. The van der Waals surface area contributed by atoms with Crippen molar-refractivity contribution in [2.24, 2.45) is 0 Å². The Labute approximate surface area is 113 Å². The molecule has 0 heterocycles. The van der Waals surface area contributed by atoms with E-state index in [9.17, 15) is 14.4 Å². The molecule has 104 valence electrons. The molecule has 0 saturated carbocycles. The number of carbonyl (C=O) groups excluding carboxylic acids is 3. The molecule has 5 heteroatoms. The summed E-state index contributed by atoms with van der Waals surface area (Å²) in [6.45, 7) is 4.00. The molecule has 0 aliphatic carbocycles. The first-order valence-corrected chi connectivity index (χ1v) is 6.05. The van der Waals surface area contributed by atoms with Crippen molar-refractivity contribution in [2.75, 3.05) is 21.1 Å². The summed E-state index contributed by atoms with van der Waals surface area (Å²) >= 11 is 0. The standard InChI is InChI=1S/C12H14N2O3.C2H6/c1-13-11(16)9-6-4-8(5-7-9)10(15)12(17)14(2)3;1-2/h4-7H,1-3H3,(H,13,16);1-2H3. The number of amides is 2. The molecule has 1 rings (SSSR count). The Bertz CT molecular complexity index is 450. The second-order valence-electron chi connectivity index (χ2n) is 3.69. The smallest absolute Gasteiger partial charge is 0.294 e. The van der Waals surface area contributed by atoms with E-state index < -0.39 is 11.7 Å². The second kappa shape index (κ2) is 8.02. The Balaban J connectivity index is 0.00000154. The molecule has 0 fully saturated rings. The van der Waals surface area contributed by atoms with Crippen molar-refractivity contribution in [1.82, 2.24) is 10.2 Å². The lowest BCUT2D eigenvalue weighted by molar-refractivity contribution is -0.124. The van der Waals surface area contributed by atoms with Crippen LogP contribution >= 0.6 is 0 Å². The zero-order chi connectivity index (χ0) is 15.0. The molecule has 0 aromatic heterocycles. The number of hydrogen-bond donors (Lipinski definition) is 1. The molecule has 2 amide bonds. The third-order valence-electron chi connectivity index (χ3n) is 2.24. The van der Waals surface area contributed by atoms with Crippen LogP contribution in [0.2, 0.25) is 0 Å². The Kier molecular flexibility index (Phi) is 7.11. The number of benzene rings is 1. The average Bonchev–Trinajstić information content (AvgIpc) is 2.47. The van der Waals surface area contributed by atoms with Gasteiger partial charge >= 0.3 is 0 Å². The van der Waals surface area contributed by atoms with E-state index in [0.717, 1.165) is 0 Å². The molecule has 19 heavy (non-hydrogen) atoms. The van der Waals surface area contributed by atoms with Gasteiger partial charge in [0.15, 0.2) is 0 Å². The summed E-state index contributed by atoms with van der Waals surface area (Å²) in [5.74, 6) is -1.40. The fraction of sp³-hybridized carbons (Fsp3) is 0.357. The highest BCUT2D eigenvalue weighted by Crippen LogP contribution is 2.06. The Morgan fingerprint density at radius 3 is 1.74 bits per heavy atom. The van der Waals surface area contributed by atoms with Gasteiger partial charge in [0.1, 0.15) is 0 Å². The van der Waals surface area contributed by atoms with Crippen LogP contribution in [0.3, 0.4) is 0 Å². The molecular formula is C14H20N2O3. The van der Waals surface area contributed by atoms with Crippen molar-refractivity contribution in [2.45, 2.75) is 13.8 Å². The number of carbonyl (C=O) groups is 3. The van der Waals surface area contributed by atoms with Crippen molar-refractivity contribution in [3.63, 3.8) is 0 Å². The zero-order valence-corrected chi connectivity index (χ0v) is 12.0. The molecule has 0 unspecified atom stereocenters. The van der Waals surface area contributed by atoms with Gasteiger partial charge in [-0.2, -0.15) is 0 Å². The summed E-state index contributed by atoms with van der Waals surface area (Å²) in [6, 6.07) is 5.95. The molecule has 0 spiro atoms. The number of rotatable bonds is 3. The first kappa shape index (κ1) is 16.8. The number of nitrogens with one attached hydrogen (secondary N) is 1. The Hall–Kier alpha value is -2.17. The highest BCUT2D eigenvalue weighted by molar-refractivity contribution is 6.42. The van der Waals surface area contributed by atoms with E-state index in [1.807, 2.05) is 13.8 Å². The van der Waals surface area contributed by atoms with Crippen molar-refractivity contribution in [3.05, 3.63) is 35.4 Å². The van der Waals surface area contributed by atoms with Crippen LogP contribution in [-0.4, -0.2) is 43.6 Å². The van der Waals surface area contributed by atoms with Crippen LogP contribution in [0.1, 0.15) is 34.6 Å². The number of hydrogen-bond acceptors (Lipinski definition) is 3. The average molecular weight is 264 g/mol. The van der Waals surface area contributed by atoms with Crippen LogP contribution in [0.15, 0.2) is 24.3 Å². The van der Waals surface area contributed by atoms with Gasteiger partial charge in [0.2, 0.25) is 5.78 Å². The van der Waals surface area contributed by atoms with Crippen LogP contribution < -0.4 is 5.32 Å². The summed E-state index contributed by atoms with van der Waals surface area (Å²) in [4.78, 5) is 35.5. The molecule has 0 aliphatic heterocycles. The highest BCUT2D eigenvalue weighted by atomic mass is 16.2. The van der Waals surface area contributed by atoms with Gasteiger partial charge in [-0.05, 0) is 12.1 Å². The topological polar surface area (TPSA) is 66.5 Å². The summed E-state index contributed by atoms with van der Waals surface area (Å²) in [5, 5.41) is 2.47. The number of nitrogens with zero attached hydrogens (tertiary/aromatic N) is 1. The van der Waals surface area contributed by atoms with Gasteiger partial charge in [-0.1, -0.05) is 26.0 Å². The summed E-state index contributed by atoms with van der Waals surface area (Å²) in [7, 11) is 4.55. The predicted molar refractivity (Wildman–Crippen MR) is 74.2 cm³/mol. The lowest BCUT2D eigenvalue weighted by Crippen LogP contribution is -2.29. The van der Waals surface area contributed by atoms with Crippen molar-refractivity contribution >= 4 is 17.6 Å². The van der Waals surface area contributed by atoms with Gasteiger partial charge < -0.3 is 10.2 Å². The quantitative estimate of drug-likeness (QED) is 0.662. The highest BCUT2D eigenvalue weighted by Gasteiger charge is 2.18. The minimum absolute atomic E-state index is 0.233. The number of likely N-dealkylation sites (N-methyl/N-ethyl adjacent to an activating group) is 1. The molecule has 0 bridgehead atoms. The molecule has 1 aromatic carbocycles. The molecule has 0 atom stereocenters. The van der Waals surface area contributed by atoms with E-state index in [1.165, 1.54) is 50.3 Å². The van der Waals surface area contributed by atoms with Crippen LogP contribution in [0, 0.1) is 0 Å². The zero-order valence-electron chi connectivity index (χ0n) is 12.0. The summed E-state index contributed by atoms with van der Waals surface area (Å²) < 4.78 is 0. The molecule has 0 radical (unpaired) electrons. The summed E-state index contributed by atoms with van der Waals surface area (Å²) in [5.41, 5.74) is 0.720. The molecule has 1 N–H and O–H groups in total. The molecule has 1 aromatic rings.